The number of carboxylic acids is 2. The van der Waals surface area contributed by atoms with Crippen LogP contribution in [0.4, 0.5) is 0 Å². The Morgan fingerprint density at radius 2 is 1.57 bits per heavy atom. The van der Waals surface area contributed by atoms with Crippen molar-refractivity contribution in [2.24, 2.45) is 0 Å². The minimum Gasteiger partial charge on any atom is -0.545 e. The van der Waals surface area contributed by atoms with E-state index in [4.69, 9.17) is 5.11 Å². The number of nitrogens with one attached hydrogen (secondary N) is 1. The SMILES string of the molecule is C[NH+](C)CCCC1(c2ccccc2)c2ccccc2CSc2ccccc21.O=C([O-])/C=C\C(=O)O. The highest BCUT2D eigenvalue weighted by atomic mass is 32.2. The molecule has 0 amide bonds. The summed E-state index contributed by atoms with van der Waals surface area (Å²) in [5, 5.41) is 17.2. The molecule has 2 N–H and O–H groups in total. The second kappa shape index (κ2) is 12.4. The Hall–Kier alpha value is -3.35. The molecule has 4 rings (SSSR count). The fourth-order valence-corrected chi connectivity index (χ4v) is 5.74. The Morgan fingerprint density at radius 1 is 0.943 bits per heavy atom. The van der Waals surface area contributed by atoms with Crippen LogP contribution in [0.5, 0.6) is 0 Å². The van der Waals surface area contributed by atoms with Gasteiger partial charge in [-0.3, -0.25) is 0 Å². The van der Waals surface area contributed by atoms with Crippen molar-refractivity contribution in [2.45, 2.75) is 28.9 Å². The third kappa shape index (κ3) is 6.62. The van der Waals surface area contributed by atoms with Crippen molar-refractivity contribution in [3.8, 4) is 0 Å². The normalized spacial score (nSPS) is 16.5. The average Bonchev–Trinajstić information content (AvgIpc) is 2.99. The van der Waals surface area contributed by atoms with E-state index in [-0.39, 0.29) is 5.41 Å². The van der Waals surface area contributed by atoms with E-state index >= 15 is 0 Å². The first-order chi connectivity index (χ1) is 16.8. The summed E-state index contributed by atoms with van der Waals surface area (Å²) < 4.78 is 0. The summed E-state index contributed by atoms with van der Waals surface area (Å²) in [7, 11) is 4.50. The van der Waals surface area contributed by atoms with Crippen molar-refractivity contribution in [3.63, 3.8) is 0 Å². The van der Waals surface area contributed by atoms with Crippen molar-refractivity contribution < 1.29 is 24.7 Å². The molecular formula is C29H31NO4S. The van der Waals surface area contributed by atoms with Gasteiger partial charge in [0.25, 0.3) is 0 Å². The van der Waals surface area contributed by atoms with Crippen LogP contribution in [0.1, 0.15) is 35.1 Å². The standard InChI is InChI=1S/C25H27NS.C4H4O4/c1-26(2)18-10-17-25(21-12-4-3-5-13-21)22-14-7-6-11-20(22)19-27-24-16-9-8-15-23(24)25;5-3(6)1-2-4(7)8/h3-9,11-16H,10,17-19H2,1-2H3;1-2H,(H,5,6)(H,7,8)/b;2-1-. The fraction of sp³-hybridized carbons (Fsp3) is 0.241. The van der Waals surface area contributed by atoms with Crippen molar-refractivity contribution in [1.82, 2.24) is 0 Å². The molecule has 5 nitrogen and oxygen atoms in total. The van der Waals surface area contributed by atoms with E-state index in [1.165, 1.54) is 45.0 Å². The number of hydrogen-bond donors (Lipinski definition) is 2. The van der Waals surface area contributed by atoms with Gasteiger partial charge in [0.1, 0.15) is 0 Å². The van der Waals surface area contributed by atoms with Crippen molar-refractivity contribution in [2.75, 3.05) is 20.6 Å². The maximum Gasteiger partial charge on any atom is 0.328 e. The Kier molecular flexibility index (Phi) is 9.29. The molecule has 0 radical (unpaired) electrons. The molecule has 6 heteroatoms. The molecule has 1 aliphatic heterocycles. The van der Waals surface area contributed by atoms with Gasteiger partial charge in [0.2, 0.25) is 0 Å². The molecule has 3 aromatic carbocycles. The first-order valence-electron chi connectivity index (χ1n) is 11.6. The monoisotopic (exact) mass is 489 g/mol. The molecule has 182 valence electrons. The number of thioether (sulfide) groups is 1. The third-order valence-corrected chi connectivity index (χ3v) is 7.19. The van der Waals surface area contributed by atoms with E-state index in [0.717, 1.165) is 12.2 Å². The lowest BCUT2D eigenvalue weighted by molar-refractivity contribution is -0.858. The number of carbonyl (C=O) groups is 2. The highest BCUT2D eigenvalue weighted by Crippen LogP contribution is 2.50. The minimum absolute atomic E-state index is 0.0760. The van der Waals surface area contributed by atoms with Crippen LogP contribution in [-0.4, -0.2) is 37.7 Å². The Labute approximate surface area is 211 Å². The van der Waals surface area contributed by atoms with Crippen molar-refractivity contribution >= 4 is 23.7 Å². The quantitative estimate of drug-likeness (QED) is 0.499. The van der Waals surface area contributed by atoms with E-state index in [2.05, 4.69) is 93.0 Å². The van der Waals surface area contributed by atoms with Gasteiger partial charge < -0.3 is 19.9 Å². The summed E-state index contributed by atoms with van der Waals surface area (Å²) in [6, 6.07) is 29.3. The highest BCUT2D eigenvalue weighted by molar-refractivity contribution is 7.98. The predicted octanol–water partition coefficient (Wildman–Crippen LogP) is 2.93. The first kappa shape index (κ1) is 26.3. The topological polar surface area (TPSA) is 81.9 Å². The molecule has 35 heavy (non-hydrogen) atoms. The van der Waals surface area contributed by atoms with E-state index in [0.29, 0.717) is 12.2 Å². The summed E-state index contributed by atoms with van der Waals surface area (Å²) in [5.74, 6) is -1.76. The summed E-state index contributed by atoms with van der Waals surface area (Å²) >= 11 is 1.98. The number of quaternary nitrogens is 1. The van der Waals surface area contributed by atoms with Gasteiger partial charge in [-0.05, 0) is 47.2 Å². The molecule has 1 atom stereocenters. The zero-order chi connectivity index (χ0) is 25.3. The smallest absolute Gasteiger partial charge is 0.328 e. The molecule has 0 spiro atoms. The van der Waals surface area contributed by atoms with Crippen molar-refractivity contribution in [1.29, 1.82) is 0 Å². The van der Waals surface area contributed by atoms with E-state index in [9.17, 15) is 14.7 Å². The molecule has 0 bridgehead atoms. The highest BCUT2D eigenvalue weighted by Gasteiger charge is 2.40. The maximum absolute atomic E-state index is 9.53. The molecule has 0 aliphatic carbocycles. The molecule has 0 fully saturated rings. The summed E-state index contributed by atoms with van der Waals surface area (Å²) in [5.41, 5.74) is 5.77. The molecule has 1 aliphatic rings. The number of aliphatic carboxylic acids is 2. The second-order valence-electron chi connectivity index (χ2n) is 8.76. The molecular weight excluding hydrogens is 458 g/mol. The maximum atomic E-state index is 9.53. The Morgan fingerprint density at radius 3 is 2.20 bits per heavy atom. The van der Waals surface area contributed by atoms with Crippen LogP contribution < -0.4 is 10.0 Å². The third-order valence-electron chi connectivity index (χ3n) is 6.06. The van der Waals surface area contributed by atoms with Gasteiger partial charge in [-0.2, -0.15) is 0 Å². The van der Waals surface area contributed by atoms with Crippen LogP contribution in [0.15, 0.2) is 95.9 Å². The van der Waals surface area contributed by atoms with Gasteiger partial charge in [0, 0.05) is 22.1 Å². The molecule has 0 saturated carbocycles. The average molecular weight is 490 g/mol. The van der Waals surface area contributed by atoms with Gasteiger partial charge in [-0.1, -0.05) is 72.8 Å². The van der Waals surface area contributed by atoms with Crippen LogP contribution >= 0.6 is 11.8 Å². The Bertz CT molecular complexity index is 1110. The lowest BCUT2D eigenvalue weighted by Gasteiger charge is -2.37. The van der Waals surface area contributed by atoms with Crippen LogP contribution in [0.3, 0.4) is 0 Å². The zero-order valence-corrected chi connectivity index (χ0v) is 20.9. The van der Waals surface area contributed by atoms with E-state index < -0.39 is 11.9 Å². The predicted molar refractivity (Wildman–Crippen MR) is 137 cm³/mol. The number of benzene rings is 3. The van der Waals surface area contributed by atoms with Crippen LogP contribution in [0.25, 0.3) is 0 Å². The number of carbonyl (C=O) groups excluding carboxylic acids is 1. The first-order valence-corrected chi connectivity index (χ1v) is 12.6. The van der Waals surface area contributed by atoms with Crippen LogP contribution in [0.2, 0.25) is 0 Å². The van der Waals surface area contributed by atoms with E-state index in [1.54, 1.807) is 0 Å². The summed E-state index contributed by atoms with van der Waals surface area (Å²) in [4.78, 5) is 21.9. The van der Waals surface area contributed by atoms with Gasteiger partial charge in [0.15, 0.2) is 0 Å². The van der Waals surface area contributed by atoms with Gasteiger partial charge >= 0.3 is 5.97 Å². The molecule has 1 heterocycles. The summed E-state index contributed by atoms with van der Waals surface area (Å²) in [6.45, 7) is 1.19. The van der Waals surface area contributed by atoms with Crippen LogP contribution in [-0.2, 0) is 20.8 Å². The molecule has 3 aromatic rings. The Balaban J connectivity index is 0.000000371. The van der Waals surface area contributed by atoms with Gasteiger partial charge in [0.05, 0.1) is 26.6 Å². The van der Waals surface area contributed by atoms with Gasteiger partial charge in [-0.15, -0.1) is 11.8 Å². The second-order valence-corrected chi connectivity index (χ2v) is 9.78. The number of hydrogen-bond acceptors (Lipinski definition) is 4. The zero-order valence-electron chi connectivity index (χ0n) is 20.1. The molecule has 0 aromatic heterocycles. The largest absolute Gasteiger partial charge is 0.545 e. The van der Waals surface area contributed by atoms with Crippen LogP contribution in [0, 0.1) is 0 Å². The minimum atomic E-state index is -1.51. The van der Waals surface area contributed by atoms with Crippen molar-refractivity contribution in [3.05, 3.63) is 113 Å². The molecule has 1 unspecified atom stereocenters. The number of fused-ring (bicyclic) bond motifs is 2. The summed E-state index contributed by atoms with van der Waals surface area (Å²) in [6.07, 6.45) is 3.28. The fourth-order valence-electron chi connectivity index (χ4n) is 4.60. The van der Waals surface area contributed by atoms with E-state index in [1.807, 2.05) is 11.8 Å². The van der Waals surface area contributed by atoms with Gasteiger partial charge in [-0.25, -0.2) is 4.79 Å². The number of carboxylic acid groups (broad SMARTS) is 2. The molecule has 0 saturated heterocycles. The lowest BCUT2D eigenvalue weighted by atomic mass is 9.65. The lowest BCUT2D eigenvalue weighted by Crippen LogP contribution is -3.05. The number of rotatable bonds is 7.